The van der Waals surface area contributed by atoms with Crippen molar-refractivity contribution in [3.8, 4) is 11.3 Å². The highest BCUT2D eigenvalue weighted by atomic mass is 35.5. The molecule has 21 heavy (non-hydrogen) atoms. The fourth-order valence-corrected chi connectivity index (χ4v) is 2.48. The molecule has 0 radical (unpaired) electrons. The third kappa shape index (κ3) is 2.34. The first-order valence-electron chi connectivity index (χ1n) is 6.14. The zero-order valence-electron chi connectivity index (χ0n) is 10.7. The minimum Gasteiger partial charge on any atom is -0.478 e. The molecule has 0 bridgehead atoms. The molecule has 0 aliphatic rings. The quantitative estimate of drug-likeness (QED) is 0.763. The molecule has 3 aromatic rings. The van der Waals surface area contributed by atoms with Crippen LogP contribution in [-0.4, -0.2) is 16.1 Å². The highest BCUT2D eigenvalue weighted by molar-refractivity contribution is 6.33. The highest BCUT2D eigenvalue weighted by Gasteiger charge is 2.15. The molecule has 0 aliphatic heterocycles. The summed E-state index contributed by atoms with van der Waals surface area (Å²) in [6, 6.07) is 10.7. The Morgan fingerprint density at radius 2 is 2.00 bits per heavy atom. The molecule has 1 heterocycles. The Kier molecular flexibility index (Phi) is 3.31. The molecule has 0 saturated heterocycles. The lowest BCUT2D eigenvalue weighted by Crippen LogP contribution is -1.97. The van der Waals surface area contributed by atoms with Gasteiger partial charge in [0, 0.05) is 11.6 Å². The number of hydrogen-bond donors (Lipinski definition) is 1. The number of hydrogen-bond acceptors (Lipinski definition) is 2. The summed E-state index contributed by atoms with van der Waals surface area (Å²) in [4.78, 5) is 15.3. The molecule has 5 heteroatoms. The number of rotatable bonds is 2. The number of nitrogens with zero attached hydrogens (tertiary/aromatic N) is 1. The molecule has 0 saturated carbocycles. The monoisotopic (exact) mass is 301 g/mol. The van der Waals surface area contributed by atoms with E-state index >= 15 is 0 Å². The normalized spacial score (nSPS) is 10.8. The van der Waals surface area contributed by atoms with E-state index in [0.29, 0.717) is 11.1 Å². The van der Waals surface area contributed by atoms with Gasteiger partial charge in [-0.05, 0) is 35.7 Å². The van der Waals surface area contributed by atoms with Crippen molar-refractivity contribution in [3.63, 3.8) is 0 Å². The Morgan fingerprint density at radius 3 is 2.71 bits per heavy atom. The third-order valence-corrected chi connectivity index (χ3v) is 3.53. The van der Waals surface area contributed by atoms with Crippen molar-refractivity contribution in [3.05, 3.63) is 65.1 Å². The van der Waals surface area contributed by atoms with Crippen LogP contribution < -0.4 is 0 Å². The molecule has 0 atom stereocenters. The fraction of sp³-hybridized carbons (Fsp3) is 0. The van der Waals surface area contributed by atoms with Gasteiger partial charge in [0.1, 0.15) is 5.82 Å². The molecule has 3 rings (SSSR count). The van der Waals surface area contributed by atoms with Crippen LogP contribution in [0.4, 0.5) is 4.39 Å². The number of benzene rings is 2. The van der Waals surface area contributed by atoms with E-state index in [1.165, 1.54) is 24.3 Å². The Morgan fingerprint density at radius 1 is 1.19 bits per heavy atom. The topological polar surface area (TPSA) is 50.2 Å². The molecule has 1 aromatic heterocycles. The maximum atomic E-state index is 14.1. The molecule has 0 spiro atoms. The Balaban J connectivity index is 2.37. The van der Waals surface area contributed by atoms with Gasteiger partial charge in [0.25, 0.3) is 0 Å². The molecule has 0 fully saturated rings. The molecular formula is C16H9ClFNO2. The number of fused-ring (bicyclic) bond motifs is 1. The van der Waals surface area contributed by atoms with Gasteiger partial charge in [-0.2, -0.15) is 0 Å². The number of carboxylic acids is 1. The average molecular weight is 302 g/mol. The van der Waals surface area contributed by atoms with E-state index < -0.39 is 11.8 Å². The number of carbonyl (C=O) groups is 1. The number of pyridine rings is 1. The van der Waals surface area contributed by atoms with Gasteiger partial charge in [0.05, 0.1) is 21.8 Å². The van der Waals surface area contributed by atoms with Crippen LogP contribution in [0.1, 0.15) is 10.4 Å². The molecule has 0 unspecified atom stereocenters. The van der Waals surface area contributed by atoms with Gasteiger partial charge < -0.3 is 5.11 Å². The smallest absolute Gasteiger partial charge is 0.335 e. The van der Waals surface area contributed by atoms with E-state index in [1.54, 1.807) is 24.4 Å². The van der Waals surface area contributed by atoms with Crippen molar-refractivity contribution in [1.29, 1.82) is 0 Å². The zero-order chi connectivity index (χ0) is 15.0. The first kappa shape index (κ1) is 13.5. The average Bonchev–Trinajstić information content (AvgIpc) is 2.46. The summed E-state index contributed by atoms with van der Waals surface area (Å²) in [5.41, 5.74) is 0.621. The number of aromatic carboxylic acids is 1. The van der Waals surface area contributed by atoms with Crippen molar-refractivity contribution in [2.24, 2.45) is 0 Å². The fourth-order valence-electron chi connectivity index (χ4n) is 2.22. The summed E-state index contributed by atoms with van der Waals surface area (Å²) in [6.45, 7) is 0. The van der Waals surface area contributed by atoms with Gasteiger partial charge in [-0.3, -0.25) is 4.98 Å². The van der Waals surface area contributed by atoms with Gasteiger partial charge in [-0.25, -0.2) is 9.18 Å². The van der Waals surface area contributed by atoms with Crippen LogP contribution in [0.15, 0.2) is 48.7 Å². The van der Waals surface area contributed by atoms with E-state index in [-0.39, 0.29) is 16.1 Å². The summed E-state index contributed by atoms with van der Waals surface area (Å²) < 4.78 is 14.1. The van der Waals surface area contributed by atoms with Crippen molar-refractivity contribution < 1.29 is 14.3 Å². The van der Waals surface area contributed by atoms with E-state index in [2.05, 4.69) is 4.98 Å². The van der Waals surface area contributed by atoms with Crippen LogP contribution in [0.25, 0.3) is 22.0 Å². The zero-order valence-corrected chi connectivity index (χ0v) is 11.4. The van der Waals surface area contributed by atoms with E-state index in [4.69, 9.17) is 16.7 Å². The van der Waals surface area contributed by atoms with Gasteiger partial charge in [-0.1, -0.05) is 23.7 Å². The van der Waals surface area contributed by atoms with Crippen molar-refractivity contribution in [2.75, 3.05) is 0 Å². The van der Waals surface area contributed by atoms with Crippen molar-refractivity contribution in [2.45, 2.75) is 0 Å². The second-order valence-corrected chi connectivity index (χ2v) is 4.90. The Bertz CT molecular complexity index is 844. The van der Waals surface area contributed by atoms with Crippen LogP contribution in [-0.2, 0) is 0 Å². The van der Waals surface area contributed by atoms with Gasteiger partial charge >= 0.3 is 5.97 Å². The third-order valence-electron chi connectivity index (χ3n) is 3.21. The minimum atomic E-state index is -1.05. The second kappa shape index (κ2) is 5.14. The molecule has 0 aliphatic carbocycles. The summed E-state index contributed by atoms with van der Waals surface area (Å²) in [5.74, 6) is -1.55. The van der Waals surface area contributed by atoms with Gasteiger partial charge in [0.2, 0.25) is 0 Å². The van der Waals surface area contributed by atoms with Gasteiger partial charge in [0.15, 0.2) is 0 Å². The lowest BCUT2D eigenvalue weighted by molar-refractivity contribution is 0.0697. The Hall–Kier alpha value is -2.46. The number of carboxylic acid groups (broad SMARTS) is 1. The lowest BCUT2D eigenvalue weighted by Gasteiger charge is -2.09. The lowest BCUT2D eigenvalue weighted by atomic mass is 10.0. The van der Waals surface area contributed by atoms with Crippen molar-refractivity contribution >= 4 is 28.3 Å². The maximum absolute atomic E-state index is 14.1. The maximum Gasteiger partial charge on any atom is 0.335 e. The first-order chi connectivity index (χ1) is 10.1. The molecule has 2 aromatic carbocycles. The van der Waals surface area contributed by atoms with Crippen LogP contribution in [0.2, 0.25) is 5.02 Å². The predicted molar refractivity (Wildman–Crippen MR) is 79.1 cm³/mol. The largest absolute Gasteiger partial charge is 0.478 e. The van der Waals surface area contributed by atoms with Crippen molar-refractivity contribution in [1.82, 2.24) is 4.98 Å². The summed E-state index contributed by atoms with van der Waals surface area (Å²) in [6.07, 6.45) is 1.54. The first-order valence-corrected chi connectivity index (χ1v) is 6.52. The summed E-state index contributed by atoms with van der Waals surface area (Å²) in [7, 11) is 0. The van der Waals surface area contributed by atoms with Crippen LogP contribution in [0.3, 0.4) is 0 Å². The minimum absolute atomic E-state index is 0.115. The number of aromatic nitrogens is 1. The number of halogens is 2. The van der Waals surface area contributed by atoms with E-state index in [9.17, 15) is 9.18 Å². The predicted octanol–water partition coefficient (Wildman–Crippen LogP) is 4.39. The van der Waals surface area contributed by atoms with Crippen LogP contribution >= 0.6 is 11.6 Å². The molecule has 104 valence electrons. The van der Waals surface area contributed by atoms with Gasteiger partial charge in [-0.15, -0.1) is 0 Å². The van der Waals surface area contributed by atoms with E-state index in [1.807, 2.05) is 0 Å². The van der Waals surface area contributed by atoms with Crippen LogP contribution in [0, 0.1) is 5.82 Å². The summed E-state index contributed by atoms with van der Waals surface area (Å²) >= 11 is 6.07. The molecule has 3 nitrogen and oxygen atoms in total. The van der Waals surface area contributed by atoms with E-state index in [0.717, 1.165) is 5.39 Å². The molecule has 0 amide bonds. The summed E-state index contributed by atoms with van der Waals surface area (Å²) in [5, 5.41) is 10.6. The SMILES string of the molecule is O=C(O)c1ccc2ccnc(-c3c(F)cccc3Cl)c2c1. The molecule has 1 N–H and O–H groups in total. The van der Waals surface area contributed by atoms with Crippen LogP contribution in [0.5, 0.6) is 0 Å². The highest BCUT2D eigenvalue weighted by Crippen LogP contribution is 2.34. The Labute approximate surface area is 124 Å². The second-order valence-electron chi connectivity index (χ2n) is 4.50. The standard InChI is InChI=1S/C16H9ClFNO2/c17-12-2-1-3-13(18)14(12)15-11-8-10(16(20)21)5-4-9(11)6-7-19-15/h1-8H,(H,20,21). The molecular weight excluding hydrogens is 293 g/mol.